The fraction of sp³-hybridized carbons (Fsp3) is 1.00. The molecule has 102 valence electrons. The summed E-state index contributed by atoms with van der Waals surface area (Å²) in [5, 5.41) is 18.9. The smallest absolute Gasteiger partial charge is 0.356 e. The molecule has 1 aliphatic carbocycles. The van der Waals surface area contributed by atoms with E-state index in [2.05, 4.69) is 0 Å². The van der Waals surface area contributed by atoms with Crippen LogP contribution in [0.2, 0.25) is 0 Å². The minimum Gasteiger partial charge on any atom is -0.393 e. The van der Waals surface area contributed by atoms with Gasteiger partial charge in [0.1, 0.15) is 6.35 Å². The van der Waals surface area contributed by atoms with Crippen LogP contribution in [0, 0.1) is 0 Å². The van der Waals surface area contributed by atoms with Gasteiger partial charge < -0.3 is 24.0 Å². The Balaban J connectivity index is 2.44. The first-order chi connectivity index (χ1) is 8.00. The van der Waals surface area contributed by atoms with Crippen molar-refractivity contribution in [1.82, 2.24) is 0 Å². The quantitative estimate of drug-likeness (QED) is 0.673. The lowest BCUT2D eigenvalue weighted by Gasteiger charge is -2.20. The molecular weight excluding hydrogens is 247 g/mol. The van der Waals surface area contributed by atoms with Crippen molar-refractivity contribution in [2.24, 2.45) is 0 Å². The number of aliphatic hydroxyl groups excluding tert-OH is 2. The predicted molar refractivity (Wildman–Crippen MR) is 61.8 cm³/mol. The average molecular weight is 268 g/mol. The highest BCUT2D eigenvalue weighted by Gasteiger charge is 2.35. The molecular formula is C10H21O6P. The molecule has 0 aliphatic heterocycles. The molecule has 0 spiro atoms. The molecule has 0 aromatic rings. The van der Waals surface area contributed by atoms with Crippen molar-refractivity contribution in [3.63, 3.8) is 0 Å². The molecule has 1 rings (SSSR count). The molecule has 7 heteroatoms. The van der Waals surface area contributed by atoms with Gasteiger partial charge >= 0.3 is 7.60 Å². The predicted octanol–water partition coefficient (Wildman–Crippen LogP) is 1.11. The van der Waals surface area contributed by atoms with Crippen LogP contribution in [-0.4, -0.2) is 48.1 Å². The molecule has 0 aromatic heterocycles. The van der Waals surface area contributed by atoms with Crippen LogP contribution in [0.15, 0.2) is 0 Å². The molecule has 2 N–H and O–H groups in total. The van der Waals surface area contributed by atoms with Crippen LogP contribution < -0.4 is 0 Å². The molecule has 0 saturated heterocycles. The van der Waals surface area contributed by atoms with Crippen LogP contribution in [0.25, 0.3) is 0 Å². The first-order valence-electron chi connectivity index (χ1n) is 5.86. The molecule has 0 aromatic carbocycles. The Morgan fingerprint density at radius 3 is 2.18 bits per heavy atom. The second-order valence-electron chi connectivity index (χ2n) is 3.97. The summed E-state index contributed by atoms with van der Waals surface area (Å²) in [5.41, 5.74) is 0. The summed E-state index contributed by atoms with van der Waals surface area (Å²) < 4.78 is 27.5. The third-order valence-corrected chi connectivity index (χ3v) is 4.31. The Kier molecular flexibility index (Phi) is 6.06. The van der Waals surface area contributed by atoms with Gasteiger partial charge in [0.2, 0.25) is 0 Å². The molecule has 0 amide bonds. The molecule has 2 unspecified atom stereocenters. The van der Waals surface area contributed by atoms with Gasteiger partial charge in [0.25, 0.3) is 0 Å². The van der Waals surface area contributed by atoms with E-state index in [4.69, 9.17) is 13.8 Å². The lowest BCUT2D eigenvalue weighted by atomic mass is 10.3. The zero-order valence-electron chi connectivity index (χ0n) is 10.2. The zero-order chi connectivity index (χ0) is 12.9. The summed E-state index contributed by atoms with van der Waals surface area (Å²) in [6.45, 7) is 3.99. The van der Waals surface area contributed by atoms with E-state index in [-0.39, 0.29) is 26.0 Å². The highest BCUT2D eigenvalue weighted by Crippen LogP contribution is 2.48. The fourth-order valence-electron chi connectivity index (χ4n) is 1.82. The second-order valence-corrected chi connectivity index (χ2v) is 5.97. The van der Waals surface area contributed by atoms with Gasteiger partial charge in [-0.25, -0.2) is 0 Å². The Morgan fingerprint density at radius 2 is 1.76 bits per heavy atom. The van der Waals surface area contributed by atoms with Crippen molar-refractivity contribution < 1.29 is 28.6 Å². The summed E-state index contributed by atoms with van der Waals surface area (Å²) >= 11 is 0. The molecule has 1 fully saturated rings. The highest BCUT2D eigenvalue weighted by molar-refractivity contribution is 7.53. The number of hydrogen-bond donors (Lipinski definition) is 2. The van der Waals surface area contributed by atoms with E-state index in [9.17, 15) is 14.8 Å². The van der Waals surface area contributed by atoms with Crippen molar-refractivity contribution in [2.45, 2.75) is 45.0 Å². The van der Waals surface area contributed by atoms with Gasteiger partial charge in [-0.2, -0.15) is 0 Å². The Morgan fingerprint density at radius 1 is 1.18 bits per heavy atom. The van der Waals surface area contributed by atoms with Crippen molar-refractivity contribution >= 4 is 7.60 Å². The van der Waals surface area contributed by atoms with Gasteiger partial charge in [-0.1, -0.05) is 0 Å². The second kappa shape index (κ2) is 6.83. The molecule has 6 nitrogen and oxygen atoms in total. The van der Waals surface area contributed by atoms with Gasteiger partial charge in [-0.3, -0.25) is 4.57 Å². The van der Waals surface area contributed by atoms with Crippen LogP contribution in [0.3, 0.4) is 0 Å². The van der Waals surface area contributed by atoms with E-state index in [1.54, 1.807) is 13.8 Å². The van der Waals surface area contributed by atoms with E-state index in [0.29, 0.717) is 6.42 Å². The first-order valence-corrected chi connectivity index (χ1v) is 7.59. The highest BCUT2D eigenvalue weighted by atomic mass is 31.2. The normalized spacial score (nSPS) is 29.8. The van der Waals surface area contributed by atoms with E-state index in [1.807, 2.05) is 0 Å². The molecule has 0 radical (unpaired) electrons. The number of rotatable bonds is 7. The number of aliphatic hydroxyl groups is 2. The first kappa shape index (κ1) is 15.1. The van der Waals surface area contributed by atoms with Gasteiger partial charge in [-0.05, 0) is 13.8 Å². The lowest BCUT2D eigenvalue weighted by molar-refractivity contribution is -0.00744. The van der Waals surface area contributed by atoms with Gasteiger partial charge in [0.05, 0.1) is 31.5 Å². The number of ether oxygens (including phenoxy) is 1. The molecule has 3 atom stereocenters. The third kappa shape index (κ3) is 4.66. The monoisotopic (exact) mass is 268 g/mol. The Labute approximate surface area is 101 Å². The standard InChI is InChI=1S/C10H21O6P/c1-3-15-17(13,16-4-2)7-14-10-6-8(11)5-9(10)12/h8-12H,3-7H2,1-2H3/t8?,9?,10-/m0/s1. The maximum atomic E-state index is 12.0. The van der Waals surface area contributed by atoms with Crippen LogP contribution >= 0.6 is 7.60 Å². The van der Waals surface area contributed by atoms with E-state index < -0.39 is 25.9 Å². The molecule has 1 aliphatic rings. The van der Waals surface area contributed by atoms with Gasteiger partial charge in [0.15, 0.2) is 0 Å². The zero-order valence-corrected chi connectivity index (χ0v) is 11.1. The van der Waals surface area contributed by atoms with Crippen LogP contribution in [0.5, 0.6) is 0 Å². The maximum absolute atomic E-state index is 12.0. The van der Waals surface area contributed by atoms with Crippen molar-refractivity contribution in [3.8, 4) is 0 Å². The minimum absolute atomic E-state index is 0.191. The topological polar surface area (TPSA) is 85.2 Å². The van der Waals surface area contributed by atoms with Crippen LogP contribution in [0.4, 0.5) is 0 Å². The van der Waals surface area contributed by atoms with Gasteiger partial charge in [-0.15, -0.1) is 0 Å². The maximum Gasteiger partial charge on any atom is 0.356 e. The number of hydrogen-bond acceptors (Lipinski definition) is 6. The van der Waals surface area contributed by atoms with Crippen molar-refractivity contribution in [3.05, 3.63) is 0 Å². The Hall–Kier alpha value is 0.0300. The van der Waals surface area contributed by atoms with Gasteiger partial charge in [0, 0.05) is 12.8 Å². The largest absolute Gasteiger partial charge is 0.393 e. The van der Waals surface area contributed by atoms with E-state index in [1.165, 1.54) is 0 Å². The fourth-order valence-corrected chi connectivity index (χ4v) is 3.21. The summed E-state index contributed by atoms with van der Waals surface area (Å²) in [6.07, 6.45) is -1.34. The SMILES string of the molecule is CCOP(=O)(CO[C@H]1CC(O)CC1O)OCC. The van der Waals surface area contributed by atoms with Crippen molar-refractivity contribution in [1.29, 1.82) is 0 Å². The lowest BCUT2D eigenvalue weighted by Crippen LogP contribution is -2.23. The summed E-state index contributed by atoms with van der Waals surface area (Å²) in [4.78, 5) is 0. The summed E-state index contributed by atoms with van der Waals surface area (Å²) in [6, 6.07) is 0. The van der Waals surface area contributed by atoms with E-state index >= 15 is 0 Å². The molecule has 0 bridgehead atoms. The molecule has 1 saturated carbocycles. The molecule has 17 heavy (non-hydrogen) atoms. The minimum atomic E-state index is -3.23. The Bertz CT molecular complexity index is 262. The summed E-state index contributed by atoms with van der Waals surface area (Å²) in [7, 11) is -3.23. The average Bonchev–Trinajstić information content (AvgIpc) is 2.55. The van der Waals surface area contributed by atoms with Crippen LogP contribution in [0.1, 0.15) is 26.7 Å². The summed E-state index contributed by atoms with van der Waals surface area (Å²) in [5.74, 6) is 0. The molecule has 0 heterocycles. The third-order valence-electron chi connectivity index (χ3n) is 2.55. The van der Waals surface area contributed by atoms with Crippen LogP contribution in [-0.2, 0) is 18.3 Å². The van der Waals surface area contributed by atoms with E-state index in [0.717, 1.165) is 0 Å². The van der Waals surface area contributed by atoms with Crippen molar-refractivity contribution in [2.75, 3.05) is 19.6 Å².